The van der Waals surface area contributed by atoms with E-state index in [1.54, 1.807) is 0 Å². The van der Waals surface area contributed by atoms with Gasteiger partial charge in [-0.3, -0.25) is 25.7 Å². The normalized spacial score (nSPS) is 16.6. The summed E-state index contributed by atoms with van der Waals surface area (Å²) in [7, 11) is 0. The van der Waals surface area contributed by atoms with Gasteiger partial charge in [0.25, 0.3) is 5.69 Å². The van der Waals surface area contributed by atoms with Gasteiger partial charge in [0, 0.05) is 11.6 Å². The summed E-state index contributed by atoms with van der Waals surface area (Å²) in [4.78, 5) is 20.9. The van der Waals surface area contributed by atoms with Crippen molar-refractivity contribution in [3.63, 3.8) is 0 Å². The highest BCUT2D eigenvalue weighted by Crippen LogP contribution is 2.37. The van der Waals surface area contributed by atoms with Crippen molar-refractivity contribution < 1.29 is 9.85 Å². The van der Waals surface area contributed by atoms with Crippen molar-refractivity contribution in [2.24, 2.45) is 10.5 Å². The number of hydrogen-bond donors (Lipinski definition) is 1. The van der Waals surface area contributed by atoms with E-state index in [0.717, 1.165) is 35.7 Å². The number of anilines is 1. The molecular weight excluding hydrogens is 348 g/mol. The molecule has 0 bridgehead atoms. The van der Waals surface area contributed by atoms with Crippen molar-refractivity contribution in [1.82, 2.24) is 0 Å². The lowest BCUT2D eigenvalue weighted by molar-refractivity contribution is -0.393. The van der Waals surface area contributed by atoms with Crippen molar-refractivity contribution in [3.8, 4) is 0 Å². The molecule has 0 amide bonds. The van der Waals surface area contributed by atoms with Crippen LogP contribution in [-0.2, 0) is 6.42 Å². The molecule has 0 unspecified atom stereocenters. The molecule has 1 aliphatic carbocycles. The van der Waals surface area contributed by atoms with Crippen LogP contribution < -0.4 is 5.43 Å². The molecule has 8 nitrogen and oxygen atoms in total. The molecule has 0 radical (unpaired) electrons. The summed E-state index contributed by atoms with van der Waals surface area (Å²) in [5.74, 6) is 0. The first-order valence-corrected chi connectivity index (χ1v) is 8.52. The highest BCUT2D eigenvalue weighted by molar-refractivity contribution is 6.04. The highest BCUT2D eigenvalue weighted by atomic mass is 16.6. The van der Waals surface area contributed by atoms with Gasteiger partial charge < -0.3 is 0 Å². The summed E-state index contributed by atoms with van der Waals surface area (Å²) in [5.41, 5.74) is 6.37. The fourth-order valence-corrected chi connectivity index (χ4v) is 3.51. The zero-order valence-corrected chi connectivity index (χ0v) is 15.4. The maximum Gasteiger partial charge on any atom is 0.301 e. The van der Waals surface area contributed by atoms with E-state index in [-0.39, 0.29) is 22.5 Å². The quantitative estimate of drug-likeness (QED) is 0.626. The molecule has 27 heavy (non-hydrogen) atoms. The second-order valence-corrected chi connectivity index (χ2v) is 7.51. The van der Waals surface area contributed by atoms with Crippen LogP contribution in [0.25, 0.3) is 0 Å². The number of aryl methyl sites for hydroxylation is 1. The van der Waals surface area contributed by atoms with Gasteiger partial charge in [-0.15, -0.1) is 0 Å². The Hall–Kier alpha value is -3.29. The lowest BCUT2D eigenvalue weighted by Gasteiger charge is -2.33. The number of fused-ring (bicyclic) bond motifs is 1. The Morgan fingerprint density at radius 1 is 1.07 bits per heavy atom. The maximum absolute atomic E-state index is 11.3. The maximum atomic E-state index is 11.3. The Labute approximate surface area is 156 Å². The van der Waals surface area contributed by atoms with Gasteiger partial charge >= 0.3 is 5.69 Å². The minimum absolute atomic E-state index is 0.0166. The predicted molar refractivity (Wildman–Crippen MR) is 103 cm³/mol. The SMILES string of the molecule is Cc1cccc2c1C(=NNc1ccc([N+](=O)[O-])cc1[N+](=O)[O-])CC(C)(C)C2. The average Bonchev–Trinajstić information content (AvgIpc) is 2.58. The smallest absolute Gasteiger partial charge is 0.271 e. The van der Waals surface area contributed by atoms with Gasteiger partial charge in [0.2, 0.25) is 0 Å². The lowest BCUT2D eigenvalue weighted by atomic mass is 9.72. The van der Waals surface area contributed by atoms with Gasteiger partial charge in [0.05, 0.1) is 21.6 Å². The van der Waals surface area contributed by atoms with Crippen LogP contribution in [-0.4, -0.2) is 15.6 Å². The molecule has 0 saturated carbocycles. The second-order valence-electron chi connectivity index (χ2n) is 7.51. The van der Waals surface area contributed by atoms with E-state index in [4.69, 9.17) is 0 Å². The largest absolute Gasteiger partial charge is 0.301 e. The Morgan fingerprint density at radius 2 is 1.81 bits per heavy atom. The fourth-order valence-electron chi connectivity index (χ4n) is 3.51. The van der Waals surface area contributed by atoms with Crippen molar-refractivity contribution in [3.05, 3.63) is 73.3 Å². The Morgan fingerprint density at radius 3 is 2.48 bits per heavy atom. The number of nitro groups is 2. The topological polar surface area (TPSA) is 111 Å². The third-order valence-corrected chi connectivity index (χ3v) is 4.66. The van der Waals surface area contributed by atoms with Gasteiger partial charge in [0.15, 0.2) is 0 Å². The van der Waals surface area contributed by atoms with E-state index in [2.05, 4.69) is 30.4 Å². The van der Waals surface area contributed by atoms with E-state index in [0.29, 0.717) is 0 Å². The standard InChI is InChI=1S/C19H20N4O4/c1-12-5-4-6-13-10-19(2,3)11-16(18(12)13)21-20-15-8-7-14(22(24)25)9-17(15)23(26)27/h4-9,20H,10-11H2,1-3H3. The number of nitrogens with one attached hydrogen (secondary N) is 1. The molecule has 1 N–H and O–H groups in total. The number of non-ortho nitro benzene ring substituents is 1. The number of nitro benzene ring substituents is 2. The monoisotopic (exact) mass is 368 g/mol. The van der Waals surface area contributed by atoms with Crippen molar-refractivity contribution in [1.29, 1.82) is 0 Å². The molecule has 2 aromatic rings. The summed E-state index contributed by atoms with van der Waals surface area (Å²) in [5, 5.41) is 26.6. The van der Waals surface area contributed by atoms with Crippen molar-refractivity contribution in [2.75, 3.05) is 5.43 Å². The molecule has 0 aliphatic heterocycles. The number of benzene rings is 2. The molecule has 2 aromatic carbocycles. The molecule has 0 fully saturated rings. The van der Waals surface area contributed by atoms with E-state index in [1.807, 2.05) is 19.1 Å². The van der Waals surface area contributed by atoms with Gasteiger partial charge in [-0.05, 0) is 42.4 Å². The van der Waals surface area contributed by atoms with E-state index in [9.17, 15) is 20.2 Å². The van der Waals surface area contributed by atoms with E-state index < -0.39 is 9.85 Å². The summed E-state index contributed by atoms with van der Waals surface area (Å²) >= 11 is 0. The van der Waals surface area contributed by atoms with Crippen LogP contribution in [0.15, 0.2) is 41.5 Å². The molecule has 140 valence electrons. The third kappa shape index (κ3) is 3.79. The van der Waals surface area contributed by atoms with Crippen LogP contribution in [0.4, 0.5) is 17.1 Å². The molecular formula is C19H20N4O4. The number of hydrogen-bond acceptors (Lipinski definition) is 6. The summed E-state index contributed by atoms with van der Waals surface area (Å²) in [6.45, 7) is 6.32. The minimum Gasteiger partial charge on any atom is -0.271 e. The highest BCUT2D eigenvalue weighted by Gasteiger charge is 2.30. The lowest BCUT2D eigenvalue weighted by Crippen LogP contribution is -2.28. The predicted octanol–water partition coefficient (Wildman–Crippen LogP) is 4.60. The summed E-state index contributed by atoms with van der Waals surface area (Å²) in [6.07, 6.45) is 1.65. The van der Waals surface area contributed by atoms with Crippen LogP contribution in [0.2, 0.25) is 0 Å². The Bertz CT molecular complexity index is 966. The van der Waals surface area contributed by atoms with Crippen LogP contribution in [0.3, 0.4) is 0 Å². The zero-order chi connectivity index (χ0) is 19.8. The third-order valence-electron chi connectivity index (χ3n) is 4.66. The average molecular weight is 368 g/mol. The fraction of sp³-hybridized carbons (Fsp3) is 0.316. The van der Waals surface area contributed by atoms with Crippen molar-refractivity contribution in [2.45, 2.75) is 33.6 Å². The van der Waals surface area contributed by atoms with Gasteiger partial charge in [-0.25, -0.2) is 0 Å². The number of rotatable bonds is 4. The van der Waals surface area contributed by atoms with E-state index in [1.165, 1.54) is 17.7 Å². The van der Waals surface area contributed by atoms with Crippen LogP contribution in [0.5, 0.6) is 0 Å². The van der Waals surface area contributed by atoms with Crippen LogP contribution in [0, 0.1) is 32.6 Å². The molecule has 3 rings (SSSR count). The van der Waals surface area contributed by atoms with Crippen molar-refractivity contribution >= 4 is 22.8 Å². The molecule has 0 atom stereocenters. The molecule has 0 heterocycles. The number of hydrazone groups is 1. The summed E-state index contributed by atoms with van der Waals surface area (Å²) in [6, 6.07) is 9.58. The first-order chi connectivity index (χ1) is 12.7. The molecule has 8 heteroatoms. The van der Waals surface area contributed by atoms with Gasteiger partial charge in [-0.2, -0.15) is 5.10 Å². The summed E-state index contributed by atoms with van der Waals surface area (Å²) < 4.78 is 0. The molecule has 1 aliphatic rings. The minimum atomic E-state index is -0.661. The number of nitrogens with zero attached hydrogens (tertiary/aromatic N) is 3. The van der Waals surface area contributed by atoms with Crippen LogP contribution in [0.1, 0.15) is 37.0 Å². The zero-order valence-electron chi connectivity index (χ0n) is 15.4. The Balaban J connectivity index is 2.02. The first-order valence-electron chi connectivity index (χ1n) is 8.52. The molecule has 0 spiro atoms. The first kappa shape index (κ1) is 18.5. The second kappa shape index (κ2) is 6.79. The molecule has 0 saturated heterocycles. The van der Waals surface area contributed by atoms with Crippen LogP contribution >= 0.6 is 0 Å². The Kier molecular flexibility index (Phi) is 4.65. The molecule has 0 aromatic heterocycles. The van der Waals surface area contributed by atoms with Gasteiger partial charge in [0.1, 0.15) is 5.69 Å². The van der Waals surface area contributed by atoms with E-state index >= 15 is 0 Å². The van der Waals surface area contributed by atoms with Gasteiger partial charge in [-0.1, -0.05) is 32.0 Å².